The van der Waals surface area contributed by atoms with Crippen molar-refractivity contribution in [2.75, 3.05) is 6.61 Å². The van der Waals surface area contributed by atoms with E-state index in [2.05, 4.69) is 0 Å². The van der Waals surface area contributed by atoms with Gasteiger partial charge in [-0.25, -0.2) is 0 Å². The first-order chi connectivity index (χ1) is 14.8. The normalized spacial score (nSPS) is 26.1. The van der Waals surface area contributed by atoms with Crippen molar-refractivity contribution in [2.24, 2.45) is 0 Å². The van der Waals surface area contributed by atoms with E-state index in [-0.39, 0.29) is 39.4 Å². The molecule has 3 aromatic rings. The summed E-state index contributed by atoms with van der Waals surface area (Å²) in [5.74, 6) is -0.425. The zero-order chi connectivity index (χ0) is 22.3. The Balaban J connectivity index is 1.67. The minimum atomic E-state index is -1.59. The van der Waals surface area contributed by atoms with Crippen LogP contribution in [-0.4, -0.2) is 68.0 Å². The molecule has 1 fully saturated rings. The molecule has 1 aliphatic heterocycles. The van der Waals surface area contributed by atoms with Gasteiger partial charge >= 0.3 is 0 Å². The first-order valence-electron chi connectivity index (χ1n) is 9.36. The van der Waals surface area contributed by atoms with Gasteiger partial charge in [-0.2, -0.15) is 0 Å². The molecule has 6 N–H and O–H groups in total. The Morgan fingerprint density at radius 1 is 0.903 bits per heavy atom. The fourth-order valence-corrected chi connectivity index (χ4v) is 3.33. The molecular formula is C21H20O10. The highest BCUT2D eigenvalue weighted by atomic mass is 16.7. The summed E-state index contributed by atoms with van der Waals surface area (Å²) in [7, 11) is 0. The molecule has 4 rings (SSSR count). The van der Waals surface area contributed by atoms with E-state index in [1.54, 1.807) is 0 Å². The van der Waals surface area contributed by atoms with E-state index in [0.29, 0.717) is 5.56 Å². The van der Waals surface area contributed by atoms with Gasteiger partial charge < -0.3 is 44.5 Å². The lowest BCUT2D eigenvalue weighted by Crippen LogP contribution is -2.60. The first kappa shape index (κ1) is 21.1. The Morgan fingerprint density at radius 2 is 1.68 bits per heavy atom. The Morgan fingerprint density at radius 3 is 2.39 bits per heavy atom. The minimum absolute atomic E-state index is 0.130. The van der Waals surface area contributed by atoms with Crippen molar-refractivity contribution in [3.8, 4) is 28.6 Å². The number of aromatic hydroxyl groups is 2. The number of phenolic OH excluding ortho intramolecular Hbond substituents is 2. The molecule has 0 saturated carbocycles. The average molecular weight is 432 g/mol. The first-order valence-corrected chi connectivity index (χ1v) is 9.36. The Bertz CT molecular complexity index is 1150. The number of hydrogen-bond acceptors (Lipinski definition) is 10. The molecule has 1 aliphatic rings. The van der Waals surface area contributed by atoms with Crippen LogP contribution >= 0.6 is 0 Å². The number of aliphatic hydroxyl groups excluding tert-OH is 4. The lowest BCUT2D eigenvalue weighted by molar-refractivity contribution is -0.277. The summed E-state index contributed by atoms with van der Waals surface area (Å²) in [5, 5.41) is 58.5. The zero-order valence-electron chi connectivity index (χ0n) is 16.0. The van der Waals surface area contributed by atoms with E-state index >= 15 is 0 Å². The van der Waals surface area contributed by atoms with Crippen molar-refractivity contribution in [3.63, 3.8) is 0 Å². The van der Waals surface area contributed by atoms with Crippen molar-refractivity contribution < 1.29 is 44.5 Å². The smallest absolute Gasteiger partial charge is 0.229 e. The van der Waals surface area contributed by atoms with Crippen molar-refractivity contribution >= 4 is 11.0 Å². The highest BCUT2D eigenvalue weighted by molar-refractivity contribution is 5.80. The summed E-state index contributed by atoms with van der Waals surface area (Å²) in [5.41, 5.74) is 0.134. The SMILES string of the molecule is O=c1cc(-c2ccc(O)c(O)c2)oc2cc(O[C@H]3O[C@H](CO)[C@@H](O)[C@H](O)[C@H]3O)ccc12. The molecule has 31 heavy (non-hydrogen) atoms. The van der Waals surface area contributed by atoms with Crippen molar-refractivity contribution in [1.29, 1.82) is 0 Å². The van der Waals surface area contributed by atoms with Crippen LogP contribution in [0, 0.1) is 0 Å². The molecule has 2 aromatic carbocycles. The molecule has 0 bridgehead atoms. The largest absolute Gasteiger partial charge is 0.504 e. The van der Waals surface area contributed by atoms with E-state index in [1.165, 1.54) is 42.5 Å². The summed E-state index contributed by atoms with van der Waals surface area (Å²) in [6.45, 7) is -0.597. The predicted molar refractivity (Wildman–Crippen MR) is 106 cm³/mol. The quantitative estimate of drug-likeness (QED) is 0.310. The van der Waals surface area contributed by atoms with E-state index in [9.17, 15) is 35.4 Å². The molecule has 0 aliphatic carbocycles. The standard InChI is InChI=1S/C21H20O10/c22-8-17-18(26)19(27)20(28)21(31-17)29-10-2-3-11-13(24)7-15(30-16(11)6-10)9-1-4-12(23)14(25)5-9/h1-7,17-23,25-28H,8H2/t17-,18-,19+,20-,21+/m1/s1. The number of aliphatic hydroxyl groups is 4. The van der Waals surface area contributed by atoms with Gasteiger partial charge in [-0.3, -0.25) is 4.79 Å². The van der Waals surface area contributed by atoms with Gasteiger partial charge in [-0.05, 0) is 30.3 Å². The van der Waals surface area contributed by atoms with E-state index in [0.717, 1.165) is 0 Å². The average Bonchev–Trinajstić information content (AvgIpc) is 2.75. The Kier molecular flexibility index (Phi) is 5.56. The third-order valence-corrected chi connectivity index (χ3v) is 5.06. The maximum atomic E-state index is 12.5. The fraction of sp³-hybridized carbons (Fsp3) is 0.286. The van der Waals surface area contributed by atoms with Crippen LogP contribution in [0.25, 0.3) is 22.3 Å². The second-order valence-corrected chi connectivity index (χ2v) is 7.15. The third kappa shape index (κ3) is 3.94. The lowest BCUT2D eigenvalue weighted by Gasteiger charge is -2.39. The number of rotatable bonds is 4. The van der Waals surface area contributed by atoms with E-state index in [4.69, 9.17) is 13.9 Å². The van der Waals surface area contributed by atoms with Gasteiger partial charge in [0.1, 0.15) is 41.5 Å². The summed E-state index contributed by atoms with van der Waals surface area (Å²) < 4.78 is 16.6. The maximum Gasteiger partial charge on any atom is 0.229 e. The highest BCUT2D eigenvalue weighted by Crippen LogP contribution is 2.32. The lowest BCUT2D eigenvalue weighted by atomic mass is 9.99. The molecule has 10 nitrogen and oxygen atoms in total. The molecule has 164 valence electrons. The molecule has 10 heteroatoms. The van der Waals surface area contributed by atoms with Crippen LogP contribution in [-0.2, 0) is 4.74 Å². The van der Waals surface area contributed by atoms with Crippen LogP contribution < -0.4 is 10.2 Å². The van der Waals surface area contributed by atoms with Crippen LogP contribution in [0.1, 0.15) is 0 Å². The summed E-state index contributed by atoms with van der Waals surface area (Å²) >= 11 is 0. The summed E-state index contributed by atoms with van der Waals surface area (Å²) in [6.07, 6.45) is -7.22. The molecule has 0 unspecified atom stereocenters. The second kappa shape index (κ2) is 8.17. The monoisotopic (exact) mass is 432 g/mol. The topological polar surface area (TPSA) is 170 Å². The van der Waals surface area contributed by atoms with Crippen molar-refractivity contribution in [2.45, 2.75) is 30.7 Å². The third-order valence-electron chi connectivity index (χ3n) is 5.06. The van der Waals surface area contributed by atoms with E-state index in [1.807, 2.05) is 0 Å². The molecule has 0 radical (unpaired) electrons. The zero-order valence-corrected chi connectivity index (χ0v) is 16.0. The van der Waals surface area contributed by atoms with Gasteiger partial charge in [-0.15, -0.1) is 0 Å². The second-order valence-electron chi connectivity index (χ2n) is 7.15. The van der Waals surface area contributed by atoms with Gasteiger partial charge in [0.15, 0.2) is 16.9 Å². The maximum absolute atomic E-state index is 12.5. The number of phenols is 2. The molecular weight excluding hydrogens is 412 g/mol. The van der Waals surface area contributed by atoms with Gasteiger partial charge in [0.25, 0.3) is 0 Å². The minimum Gasteiger partial charge on any atom is -0.504 e. The van der Waals surface area contributed by atoms with Gasteiger partial charge in [0.2, 0.25) is 6.29 Å². The van der Waals surface area contributed by atoms with Crippen LogP contribution in [0.2, 0.25) is 0 Å². The molecule has 0 amide bonds. The Labute approximate surface area is 174 Å². The predicted octanol–water partition coefficient (Wildman–Crippen LogP) is 0.0499. The number of ether oxygens (including phenoxy) is 2. The van der Waals surface area contributed by atoms with Crippen LogP contribution in [0.3, 0.4) is 0 Å². The summed E-state index contributed by atoms with van der Waals surface area (Å²) in [6, 6.07) is 9.47. The fourth-order valence-electron chi connectivity index (χ4n) is 3.33. The summed E-state index contributed by atoms with van der Waals surface area (Å²) in [4.78, 5) is 12.5. The molecule has 0 spiro atoms. The van der Waals surface area contributed by atoms with E-state index < -0.39 is 37.3 Å². The van der Waals surface area contributed by atoms with Crippen LogP contribution in [0.15, 0.2) is 51.7 Å². The van der Waals surface area contributed by atoms with Crippen LogP contribution in [0.4, 0.5) is 0 Å². The Hall–Kier alpha value is -3.15. The van der Waals surface area contributed by atoms with Crippen LogP contribution in [0.5, 0.6) is 17.2 Å². The van der Waals surface area contributed by atoms with Crippen molar-refractivity contribution in [3.05, 3.63) is 52.7 Å². The number of benzene rings is 2. The highest BCUT2D eigenvalue weighted by Gasteiger charge is 2.44. The van der Waals surface area contributed by atoms with Gasteiger partial charge in [0, 0.05) is 17.7 Å². The number of fused-ring (bicyclic) bond motifs is 1. The molecule has 5 atom stereocenters. The van der Waals surface area contributed by atoms with Gasteiger partial charge in [0.05, 0.1) is 12.0 Å². The molecule has 1 saturated heterocycles. The van der Waals surface area contributed by atoms with Gasteiger partial charge in [-0.1, -0.05) is 0 Å². The molecule has 2 heterocycles. The number of hydrogen-bond donors (Lipinski definition) is 6. The molecule has 1 aromatic heterocycles. The van der Waals surface area contributed by atoms with Crippen molar-refractivity contribution in [1.82, 2.24) is 0 Å².